The van der Waals surface area contributed by atoms with Gasteiger partial charge in [0.15, 0.2) is 0 Å². The van der Waals surface area contributed by atoms with Crippen molar-refractivity contribution in [3.63, 3.8) is 0 Å². The lowest BCUT2D eigenvalue weighted by atomic mass is 9.90. The number of fused-ring (bicyclic) bond motifs is 1. The Kier molecular flexibility index (Phi) is 5.70. The average molecular weight is 402 g/mol. The molecule has 2 aromatic carbocycles. The van der Waals surface area contributed by atoms with E-state index in [0.717, 1.165) is 12.2 Å². The van der Waals surface area contributed by atoms with Crippen LogP contribution in [-0.4, -0.2) is 31.2 Å². The van der Waals surface area contributed by atoms with Crippen molar-refractivity contribution < 1.29 is 14.3 Å². The molecule has 0 saturated heterocycles. The van der Waals surface area contributed by atoms with Crippen LogP contribution in [0.2, 0.25) is 0 Å². The fourth-order valence-electron chi connectivity index (χ4n) is 3.95. The van der Waals surface area contributed by atoms with Crippen LogP contribution in [0, 0.1) is 13.8 Å². The van der Waals surface area contributed by atoms with E-state index in [9.17, 15) is 4.79 Å². The zero-order valence-electron chi connectivity index (χ0n) is 17.6. The van der Waals surface area contributed by atoms with Gasteiger partial charge >= 0.3 is 5.97 Å². The smallest absolute Gasteiger partial charge is 0.340 e. The van der Waals surface area contributed by atoms with Gasteiger partial charge in [-0.2, -0.15) is 0 Å². The highest BCUT2D eigenvalue weighted by molar-refractivity contribution is 5.95. The quantitative estimate of drug-likeness (QED) is 0.600. The monoisotopic (exact) mass is 402 g/mol. The number of nitrogens with zero attached hydrogens (tertiary/aromatic N) is 1. The number of carbonyl (C=O) groups excluding carboxylic acids is 1. The van der Waals surface area contributed by atoms with Crippen molar-refractivity contribution in [2.75, 3.05) is 25.6 Å². The van der Waals surface area contributed by atoms with E-state index in [4.69, 9.17) is 9.47 Å². The fraction of sp³-hybridized carbons (Fsp3) is 0.280. The van der Waals surface area contributed by atoms with Gasteiger partial charge in [-0.05, 0) is 54.7 Å². The molecule has 5 nitrogen and oxygen atoms in total. The van der Waals surface area contributed by atoms with Crippen LogP contribution in [0.4, 0.5) is 5.69 Å². The Morgan fingerprint density at radius 1 is 1.20 bits per heavy atom. The number of aryl methyl sites for hydroxylation is 2. The van der Waals surface area contributed by atoms with Gasteiger partial charge in [-0.3, -0.25) is 4.98 Å². The summed E-state index contributed by atoms with van der Waals surface area (Å²) in [5.41, 5.74) is 7.26. The molecule has 0 fully saturated rings. The summed E-state index contributed by atoms with van der Waals surface area (Å²) in [6.07, 6.45) is 4.17. The van der Waals surface area contributed by atoms with E-state index in [1.807, 2.05) is 0 Å². The minimum atomic E-state index is -0.370. The van der Waals surface area contributed by atoms with Crippen LogP contribution in [0.3, 0.4) is 0 Å². The van der Waals surface area contributed by atoms with Crippen LogP contribution in [0.5, 0.6) is 5.75 Å². The van der Waals surface area contributed by atoms with Gasteiger partial charge in [-0.15, -0.1) is 0 Å². The van der Waals surface area contributed by atoms with Crippen molar-refractivity contribution >= 4 is 11.7 Å². The summed E-state index contributed by atoms with van der Waals surface area (Å²) in [7, 11) is 1.38. The molecule has 5 heteroatoms. The first-order valence-corrected chi connectivity index (χ1v) is 10.2. The Balaban J connectivity index is 1.57. The Morgan fingerprint density at radius 3 is 2.90 bits per heavy atom. The lowest BCUT2D eigenvalue weighted by Crippen LogP contribution is -2.21. The molecule has 4 rings (SSSR count). The second-order valence-corrected chi connectivity index (χ2v) is 7.70. The molecule has 3 aromatic rings. The highest BCUT2D eigenvalue weighted by Gasteiger charge is 2.23. The molecule has 0 spiro atoms. The predicted octanol–water partition coefficient (Wildman–Crippen LogP) is 5.13. The molecule has 0 radical (unpaired) electrons. The second kappa shape index (κ2) is 8.57. The second-order valence-electron chi connectivity index (χ2n) is 7.70. The molecule has 1 atom stereocenters. The molecule has 0 unspecified atom stereocenters. The molecular formula is C25H26N2O3. The van der Waals surface area contributed by atoms with E-state index < -0.39 is 0 Å². The number of carbonyl (C=O) groups is 1. The summed E-state index contributed by atoms with van der Waals surface area (Å²) in [6, 6.07) is 14.7. The number of hydrogen-bond donors (Lipinski definition) is 1. The van der Waals surface area contributed by atoms with Gasteiger partial charge in [0.2, 0.25) is 0 Å². The van der Waals surface area contributed by atoms with Crippen LogP contribution < -0.4 is 10.1 Å². The van der Waals surface area contributed by atoms with E-state index >= 15 is 0 Å². The lowest BCUT2D eigenvalue weighted by Gasteiger charge is -2.27. The maximum Gasteiger partial charge on any atom is 0.340 e. The fourth-order valence-corrected chi connectivity index (χ4v) is 3.95. The first kappa shape index (κ1) is 20.0. The van der Waals surface area contributed by atoms with Gasteiger partial charge in [0.05, 0.1) is 31.2 Å². The van der Waals surface area contributed by atoms with Crippen molar-refractivity contribution in [1.82, 2.24) is 4.98 Å². The Bertz CT molecular complexity index is 1080. The standard InChI is InChI=1S/C25H26N2O3/c1-16-4-5-17(2)22(12-16)18-6-7-20-19(9-11-30-24(20)13-18)14-27-23-15-26-10-8-21(23)25(28)29-3/h4-8,10,12-13,15,19,27H,9,11,14H2,1-3H3/t19-/m0/s1. The van der Waals surface area contributed by atoms with Crippen molar-refractivity contribution in [3.05, 3.63) is 77.1 Å². The molecule has 0 saturated carbocycles. The van der Waals surface area contributed by atoms with Gasteiger partial charge in [0, 0.05) is 18.7 Å². The summed E-state index contributed by atoms with van der Waals surface area (Å²) >= 11 is 0. The SMILES string of the molecule is COC(=O)c1ccncc1NC[C@@H]1CCOc2cc(-c3cc(C)ccc3C)ccc21. The van der Waals surface area contributed by atoms with E-state index in [2.05, 4.69) is 60.5 Å². The zero-order chi connectivity index (χ0) is 21.1. The summed E-state index contributed by atoms with van der Waals surface area (Å²) in [5, 5.41) is 3.38. The van der Waals surface area contributed by atoms with Gasteiger partial charge in [0.1, 0.15) is 5.75 Å². The average Bonchev–Trinajstić information content (AvgIpc) is 2.78. The number of ether oxygens (including phenoxy) is 2. The van der Waals surface area contributed by atoms with Crippen molar-refractivity contribution in [2.45, 2.75) is 26.2 Å². The third kappa shape index (κ3) is 4.01. The predicted molar refractivity (Wildman–Crippen MR) is 118 cm³/mol. The number of methoxy groups -OCH3 is 1. The third-order valence-electron chi connectivity index (χ3n) is 5.65. The molecule has 154 valence electrons. The number of esters is 1. The van der Waals surface area contributed by atoms with E-state index in [1.54, 1.807) is 18.5 Å². The Labute approximate surface area is 177 Å². The van der Waals surface area contributed by atoms with Crippen molar-refractivity contribution in [2.24, 2.45) is 0 Å². The van der Waals surface area contributed by atoms with Crippen LogP contribution >= 0.6 is 0 Å². The molecule has 30 heavy (non-hydrogen) atoms. The minimum absolute atomic E-state index is 0.284. The molecule has 2 heterocycles. The summed E-state index contributed by atoms with van der Waals surface area (Å²) < 4.78 is 10.9. The van der Waals surface area contributed by atoms with Crippen LogP contribution in [0.25, 0.3) is 11.1 Å². The van der Waals surface area contributed by atoms with E-state index in [-0.39, 0.29) is 11.9 Å². The number of rotatable bonds is 5. The van der Waals surface area contributed by atoms with Crippen molar-refractivity contribution in [1.29, 1.82) is 0 Å². The first-order valence-electron chi connectivity index (χ1n) is 10.2. The maximum atomic E-state index is 12.0. The highest BCUT2D eigenvalue weighted by Crippen LogP contribution is 2.38. The van der Waals surface area contributed by atoms with Crippen LogP contribution in [-0.2, 0) is 4.74 Å². The Morgan fingerprint density at radius 2 is 2.07 bits per heavy atom. The van der Waals surface area contributed by atoms with Gasteiger partial charge in [-0.25, -0.2) is 4.79 Å². The van der Waals surface area contributed by atoms with Crippen LogP contribution in [0.1, 0.15) is 39.4 Å². The van der Waals surface area contributed by atoms with Crippen LogP contribution in [0.15, 0.2) is 54.9 Å². The zero-order valence-corrected chi connectivity index (χ0v) is 17.6. The maximum absolute atomic E-state index is 12.0. The largest absolute Gasteiger partial charge is 0.493 e. The summed E-state index contributed by atoms with van der Waals surface area (Å²) in [5.74, 6) is 0.850. The molecule has 1 N–H and O–H groups in total. The number of nitrogens with one attached hydrogen (secondary N) is 1. The number of hydrogen-bond acceptors (Lipinski definition) is 5. The number of benzene rings is 2. The first-order chi connectivity index (χ1) is 14.6. The topological polar surface area (TPSA) is 60.5 Å². The molecule has 0 bridgehead atoms. The highest BCUT2D eigenvalue weighted by atomic mass is 16.5. The number of pyridine rings is 1. The van der Waals surface area contributed by atoms with Crippen molar-refractivity contribution in [3.8, 4) is 16.9 Å². The molecule has 1 aliphatic heterocycles. The molecular weight excluding hydrogens is 376 g/mol. The minimum Gasteiger partial charge on any atom is -0.493 e. The molecule has 0 aliphatic carbocycles. The molecule has 1 aliphatic rings. The summed E-state index contributed by atoms with van der Waals surface area (Å²) in [4.78, 5) is 16.1. The molecule has 0 amide bonds. The Hall–Kier alpha value is -3.34. The summed E-state index contributed by atoms with van der Waals surface area (Å²) in [6.45, 7) is 5.61. The van der Waals surface area contributed by atoms with E-state index in [1.165, 1.54) is 34.9 Å². The lowest BCUT2D eigenvalue weighted by molar-refractivity contribution is 0.0601. The third-order valence-corrected chi connectivity index (χ3v) is 5.65. The number of anilines is 1. The number of aromatic nitrogens is 1. The van der Waals surface area contributed by atoms with E-state index in [0.29, 0.717) is 24.4 Å². The van der Waals surface area contributed by atoms with Gasteiger partial charge < -0.3 is 14.8 Å². The molecule has 1 aromatic heterocycles. The normalized spacial score (nSPS) is 15.1. The van der Waals surface area contributed by atoms with Gasteiger partial charge in [-0.1, -0.05) is 35.9 Å². The van der Waals surface area contributed by atoms with Gasteiger partial charge in [0.25, 0.3) is 0 Å².